The standard InChI is InChI=1S/C16H34N4O2S/c1-4-15-9-7-8-12-20(15)13-10-18-16(17-5-2)19-11-14-23(21,22)6-3/h15H,4-14H2,1-3H3,(H2,17,18,19). The van der Waals surface area contributed by atoms with E-state index >= 15 is 0 Å². The maximum atomic E-state index is 11.5. The lowest BCUT2D eigenvalue weighted by atomic mass is 10.0. The van der Waals surface area contributed by atoms with Crippen LogP contribution in [0.5, 0.6) is 0 Å². The van der Waals surface area contributed by atoms with Gasteiger partial charge < -0.3 is 10.6 Å². The molecule has 0 bridgehead atoms. The second-order valence-corrected chi connectivity index (χ2v) is 8.49. The zero-order chi connectivity index (χ0) is 17.1. The molecule has 0 aromatic carbocycles. The molecule has 1 aliphatic heterocycles. The molecule has 23 heavy (non-hydrogen) atoms. The van der Waals surface area contributed by atoms with Gasteiger partial charge in [0.1, 0.15) is 0 Å². The highest BCUT2D eigenvalue weighted by molar-refractivity contribution is 7.91. The van der Waals surface area contributed by atoms with Gasteiger partial charge in [0.25, 0.3) is 0 Å². The van der Waals surface area contributed by atoms with E-state index in [-0.39, 0.29) is 11.5 Å². The summed E-state index contributed by atoms with van der Waals surface area (Å²) >= 11 is 0. The Balaban J connectivity index is 2.41. The number of sulfone groups is 1. The molecule has 0 aliphatic carbocycles. The van der Waals surface area contributed by atoms with Crippen molar-refractivity contribution in [1.29, 1.82) is 0 Å². The van der Waals surface area contributed by atoms with Crippen molar-refractivity contribution in [1.82, 2.24) is 15.5 Å². The third-order valence-corrected chi connectivity index (χ3v) is 6.07. The van der Waals surface area contributed by atoms with Crippen molar-refractivity contribution in [3.05, 3.63) is 0 Å². The van der Waals surface area contributed by atoms with Gasteiger partial charge in [-0.3, -0.25) is 9.89 Å². The van der Waals surface area contributed by atoms with Crippen LogP contribution < -0.4 is 10.6 Å². The largest absolute Gasteiger partial charge is 0.357 e. The van der Waals surface area contributed by atoms with Gasteiger partial charge in [-0.1, -0.05) is 20.3 Å². The van der Waals surface area contributed by atoms with Crippen molar-refractivity contribution >= 4 is 15.8 Å². The molecule has 0 amide bonds. The average Bonchev–Trinajstić information content (AvgIpc) is 2.55. The molecule has 0 aromatic heterocycles. The van der Waals surface area contributed by atoms with Gasteiger partial charge >= 0.3 is 0 Å². The number of hydrogen-bond donors (Lipinski definition) is 2. The molecule has 0 saturated carbocycles. The summed E-state index contributed by atoms with van der Waals surface area (Å²) in [5.74, 6) is 1.05. The summed E-state index contributed by atoms with van der Waals surface area (Å²) in [5, 5.41) is 6.29. The molecule has 1 unspecified atom stereocenters. The predicted molar refractivity (Wildman–Crippen MR) is 97.8 cm³/mol. The molecule has 0 radical (unpaired) electrons. The van der Waals surface area contributed by atoms with Crippen molar-refractivity contribution in [2.45, 2.75) is 52.5 Å². The number of guanidine groups is 1. The van der Waals surface area contributed by atoms with E-state index in [2.05, 4.69) is 27.4 Å². The first kappa shape index (κ1) is 20.2. The molecule has 1 heterocycles. The van der Waals surface area contributed by atoms with Gasteiger partial charge in [-0.05, 0) is 32.7 Å². The molecule has 7 heteroatoms. The van der Waals surface area contributed by atoms with Crippen LogP contribution in [0.2, 0.25) is 0 Å². The van der Waals surface area contributed by atoms with Gasteiger partial charge in [-0.2, -0.15) is 0 Å². The predicted octanol–water partition coefficient (Wildman–Crippen LogP) is 1.24. The number of nitrogens with zero attached hydrogens (tertiary/aromatic N) is 2. The molecule has 0 spiro atoms. The third kappa shape index (κ3) is 8.01. The van der Waals surface area contributed by atoms with Crippen LogP contribution in [0.1, 0.15) is 46.5 Å². The van der Waals surface area contributed by atoms with E-state index in [4.69, 9.17) is 0 Å². The first-order chi connectivity index (χ1) is 11.0. The fourth-order valence-corrected chi connectivity index (χ4v) is 3.62. The summed E-state index contributed by atoms with van der Waals surface area (Å²) in [6.45, 7) is 10.0. The zero-order valence-corrected chi connectivity index (χ0v) is 15.8. The Morgan fingerprint density at radius 2 is 2.00 bits per heavy atom. The SMILES string of the molecule is CCNC(=NCCN1CCCCC1CC)NCCS(=O)(=O)CC. The second kappa shape index (κ2) is 10.9. The average molecular weight is 347 g/mol. The monoisotopic (exact) mass is 346 g/mol. The Morgan fingerprint density at radius 1 is 1.22 bits per heavy atom. The Bertz CT molecular complexity index is 451. The first-order valence-electron chi connectivity index (χ1n) is 8.99. The van der Waals surface area contributed by atoms with E-state index in [9.17, 15) is 8.42 Å². The van der Waals surface area contributed by atoms with Crippen LogP contribution in [0.25, 0.3) is 0 Å². The summed E-state index contributed by atoms with van der Waals surface area (Å²) in [7, 11) is -2.93. The van der Waals surface area contributed by atoms with Gasteiger partial charge in [0, 0.05) is 31.4 Å². The summed E-state index contributed by atoms with van der Waals surface area (Å²) in [4.78, 5) is 7.12. The molecule has 136 valence electrons. The van der Waals surface area contributed by atoms with Crippen molar-refractivity contribution in [3.8, 4) is 0 Å². The van der Waals surface area contributed by atoms with Crippen molar-refractivity contribution in [2.75, 3.05) is 44.2 Å². The number of hydrogen-bond acceptors (Lipinski definition) is 4. The molecule has 1 fully saturated rings. The van der Waals surface area contributed by atoms with Gasteiger partial charge in [0.15, 0.2) is 15.8 Å². The van der Waals surface area contributed by atoms with E-state index in [1.807, 2.05) is 6.92 Å². The second-order valence-electron chi connectivity index (χ2n) is 6.02. The van der Waals surface area contributed by atoms with Gasteiger partial charge in [0.05, 0.1) is 12.3 Å². The van der Waals surface area contributed by atoms with E-state index < -0.39 is 9.84 Å². The third-order valence-electron chi connectivity index (χ3n) is 4.37. The van der Waals surface area contributed by atoms with Crippen LogP contribution in [0.3, 0.4) is 0 Å². The number of nitrogens with one attached hydrogen (secondary N) is 2. The Kier molecular flexibility index (Phi) is 9.55. The quantitative estimate of drug-likeness (QED) is 0.485. The Labute approximate surface area is 142 Å². The lowest BCUT2D eigenvalue weighted by Gasteiger charge is -2.34. The Morgan fingerprint density at radius 3 is 2.65 bits per heavy atom. The first-order valence-corrected chi connectivity index (χ1v) is 10.8. The summed E-state index contributed by atoms with van der Waals surface area (Å²) in [6, 6.07) is 0.698. The molecule has 0 aromatic rings. The molecule has 6 nitrogen and oxygen atoms in total. The van der Waals surface area contributed by atoms with Gasteiger partial charge in [-0.25, -0.2) is 8.42 Å². The minimum atomic E-state index is -2.93. The maximum Gasteiger partial charge on any atom is 0.191 e. The maximum absolute atomic E-state index is 11.5. The zero-order valence-electron chi connectivity index (χ0n) is 15.0. The molecule has 1 rings (SSSR count). The van der Waals surface area contributed by atoms with Crippen molar-refractivity contribution in [2.24, 2.45) is 4.99 Å². The topological polar surface area (TPSA) is 73.8 Å². The van der Waals surface area contributed by atoms with E-state index in [1.165, 1.54) is 32.2 Å². The Hall–Kier alpha value is -0.820. The molecular formula is C16H34N4O2S. The van der Waals surface area contributed by atoms with Gasteiger partial charge in [0.2, 0.25) is 0 Å². The molecule has 1 atom stereocenters. The highest BCUT2D eigenvalue weighted by Gasteiger charge is 2.19. The number of aliphatic imine (C=N–C) groups is 1. The van der Waals surface area contributed by atoms with Crippen LogP contribution in [-0.4, -0.2) is 69.5 Å². The molecule has 2 N–H and O–H groups in total. The minimum absolute atomic E-state index is 0.151. The van der Waals surface area contributed by atoms with Gasteiger partial charge in [-0.15, -0.1) is 0 Å². The molecule has 1 saturated heterocycles. The summed E-state index contributed by atoms with van der Waals surface area (Å²) in [5.41, 5.74) is 0. The highest BCUT2D eigenvalue weighted by Crippen LogP contribution is 2.18. The van der Waals surface area contributed by atoms with Crippen LogP contribution in [0, 0.1) is 0 Å². The highest BCUT2D eigenvalue weighted by atomic mass is 32.2. The molecule has 1 aliphatic rings. The fourth-order valence-electron chi connectivity index (χ4n) is 2.92. The summed E-state index contributed by atoms with van der Waals surface area (Å²) < 4.78 is 23.0. The lowest BCUT2D eigenvalue weighted by molar-refractivity contribution is 0.148. The lowest BCUT2D eigenvalue weighted by Crippen LogP contribution is -2.42. The van der Waals surface area contributed by atoms with E-state index in [0.717, 1.165) is 19.6 Å². The number of likely N-dealkylation sites (tertiary alicyclic amines) is 1. The minimum Gasteiger partial charge on any atom is -0.357 e. The molecular weight excluding hydrogens is 312 g/mol. The van der Waals surface area contributed by atoms with E-state index in [0.29, 0.717) is 18.5 Å². The van der Waals surface area contributed by atoms with Crippen LogP contribution in [0.15, 0.2) is 4.99 Å². The smallest absolute Gasteiger partial charge is 0.191 e. The number of piperidine rings is 1. The van der Waals surface area contributed by atoms with Crippen molar-refractivity contribution < 1.29 is 8.42 Å². The van der Waals surface area contributed by atoms with E-state index in [1.54, 1.807) is 6.92 Å². The fraction of sp³-hybridized carbons (Fsp3) is 0.938. The number of rotatable bonds is 9. The van der Waals surface area contributed by atoms with Crippen LogP contribution in [-0.2, 0) is 9.84 Å². The normalized spacial score (nSPS) is 20.5. The summed E-state index contributed by atoms with van der Waals surface area (Å²) in [6.07, 6.45) is 5.13. The van der Waals surface area contributed by atoms with Crippen LogP contribution in [0.4, 0.5) is 0 Å². The van der Waals surface area contributed by atoms with Crippen molar-refractivity contribution in [3.63, 3.8) is 0 Å². The van der Waals surface area contributed by atoms with Crippen LogP contribution >= 0.6 is 0 Å².